The molecular weight excluding hydrogens is 321 g/mol. The van der Waals surface area contributed by atoms with Crippen LogP contribution in [0.25, 0.3) is 11.1 Å². The van der Waals surface area contributed by atoms with Crippen molar-refractivity contribution in [1.29, 1.82) is 0 Å². The highest BCUT2D eigenvalue weighted by Gasteiger charge is 2.12. The highest BCUT2D eigenvalue weighted by atomic mass is 19.1. The van der Waals surface area contributed by atoms with E-state index >= 15 is 0 Å². The summed E-state index contributed by atoms with van der Waals surface area (Å²) < 4.78 is 13.5. The van der Waals surface area contributed by atoms with Crippen molar-refractivity contribution in [3.63, 3.8) is 0 Å². The van der Waals surface area contributed by atoms with Crippen molar-refractivity contribution in [2.45, 2.75) is 0 Å². The van der Waals surface area contributed by atoms with E-state index in [1.807, 2.05) is 0 Å². The van der Waals surface area contributed by atoms with Crippen LogP contribution >= 0.6 is 0 Å². The van der Waals surface area contributed by atoms with Gasteiger partial charge in [-0.25, -0.2) is 9.18 Å². The Hall–Kier alpha value is -3.47. The summed E-state index contributed by atoms with van der Waals surface area (Å²) in [5.74, 6) is -1.91. The van der Waals surface area contributed by atoms with Gasteiger partial charge in [0.05, 0.1) is 5.56 Å². The number of carbonyl (C=O) groups is 2. The lowest BCUT2D eigenvalue weighted by molar-refractivity contribution is 0.0696. The van der Waals surface area contributed by atoms with Crippen LogP contribution in [0.5, 0.6) is 0 Å². The van der Waals surface area contributed by atoms with Gasteiger partial charge in [0.2, 0.25) is 0 Å². The number of aromatic carboxylic acids is 1. The zero-order chi connectivity index (χ0) is 17.8. The van der Waals surface area contributed by atoms with Gasteiger partial charge in [0, 0.05) is 11.3 Å². The number of carboxylic acid groups (broad SMARTS) is 1. The van der Waals surface area contributed by atoms with E-state index in [9.17, 15) is 19.1 Å². The van der Waals surface area contributed by atoms with Crippen LogP contribution in [0.3, 0.4) is 0 Å². The summed E-state index contributed by atoms with van der Waals surface area (Å²) in [6.45, 7) is 0. The Balaban J connectivity index is 1.99. The molecule has 3 rings (SSSR count). The minimum atomic E-state index is -1.13. The van der Waals surface area contributed by atoms with Crippen LogP contribution in [-0.2, 0) is 0 Å². The van der Waals surface area contributed by atoms with Crippen LogP contribution in [0.15, 0.2) is 72.8 Å². The number of nitrogens with one attached hydrogen (secondary N) is 1. The summed E-state index contributed by atoms with van der Waals surface area (Å²) >= 11 is 0. The third-order valence-corrected chi connectivity index (χ3v) is 3.63. The lowest BCUT2D eigenvalue weighted by Gasteiger charge is -2.10. The van der Waals surface area contributed by atoms with Crippen LogP contribution in [-0.4, -0.2) is 17.0 Å². The van der Waals surface area contributed by atoms with E-state index in [1.165, 1.54) is 24.3 Å². The largest absolute Gasteiger partial charge is 0.478 e. The Bertz CT molecular complexity index is 939. The first-order valence-electron chi connectivity index (χ1n) is 7.53. The van der Waals surface area contributed by atoms with Crippen LogP contribution in [0.1, 0.15) is 20.7 Å². The number of carbonyl (C=O) groups excluding carboxylic acids is 1. The summed E-state index contributed by atoms with van der Waals surface area (Å²) in [4.78, 5) is 23.7. The third kappa shape index (κ3) is 3.90. The van der Waals surface area contributed by atoms with E-state index < -0.39 is 11.8 Å². The average molecular weight is 335 g/mol. The van der Waals surface area contributed by atoms with Gasteiger partial charge in [-0.1, -0.05) is 30.3 Å². The van der Waals surface area contributed by atoms with Gasteiger partial charge in [-0.15, -0.1) is 0 Å². The quantitative estimate of drug-likeness (QED) is 0.740. The molecule has 0 bridgehead atoms. The first-order valence-corrected chi connectivity index (χ1v) is 7.53. The van der Waals surface area contributed by atoms with E-state index in [-0.39, 0.29) is 11.5 Å². The van der Waals surface area contributed by atoms with Gasteiger partial charge in [0.1, 0.15) is 5.82 Å². The van der Waals surface area contributed by atoms with Crippen molar-refractivity contribution in [3.05, 3.63) is 89.7 Å². The molecule has 0 aliphatic heterocycles. The topological polar surface area (TPSA) is 66.4 Å². The smallest absolute Gasteiger partial charge is 0.335 e. The molecule has 3 aromatic rings. The summed E-state index contributed by atoms with van der Waals surface area (Å²) in [6.07, 6.45) is 0. The molecular formula is C20H14FNO3. The molecule has 3 aromatic carbocycles. The Morgan fingerprint density at radius 1 is 0.800 bits per heavy atom. The highest BCUT2D eigenvalue weighted by Crippen LogP contribution is 2.26. The molecule has 4 nitrogen and oxygen atoms in total. The fraction of sp³-hybridized carbons (Fsp3) is 0. The second-order valence-electron chi connectivity index (χ2n) is 5.43. The summed E-state index contributed by atoms with van der Waals surface area (Å²) in [6, 6.07) is 18.8. The van der Waals surface area contributed by atoms with Gasteiger partial charge in [-0.3, -0.25) is 4.79 Å². The normalized spacial score (nSPS) is 10.3. The molecule has 1 amide bonds. The van der Waals surface area contributed by atoms with Crippen molar-refractivity contribution in [1.82, 2.24) is 0 Å². The molecule has 0 aliphatic carbocycles. The summed E-state index contributed by atoms with van der Waals surface area (Å²) in [5, 5.41) is 12.0. The number of anilines is 1. The number of rotatable bonds is 4. The second-order valence-corrected chi connectivity index (χ2v) is 5.43. The molecule has 0 aromatic heterocycles. The fourth-order valence-corrected chi connectivity index (χ4v) is 2.45. The number of hydrogen-bond acceptors (Lipinski definition) is 2. The number of hydrogen-bond donors (Lipinski definition) is 2. The van der Waals surface area contributed by atoms with Crippen LogP contribution in [0, 0.1) is 5.82 Å². The van der Waals surface area contributed by atoms with E-state index in [0.29, 0.717) is 22.4 Å². The van der Waals surface area contributed by atoms with Crippen molar-refractivity contribution < 1.29 is 19.1 Å². The molecule has 0 heterocycles. The van der Waals surface area contributed by atoms with E-state index in [1.54, 1.807) is 48.5 Å². The lowest BCUT2D eigenvalue weighted by atomic mass is 10.0. The van der Waals surface area contributed by atoms with Crippen molar-refractivity contribution in [2.75, 3.05) is 5.32 Å². The molecule has 2 N–H and O–H groups in total. The maximum atomic E-state index is 13.5. The fourth-order valence-electron chi connectivity index (χ4n) is 2.45. The molecule has 0 aliphatic rings. The van der Waals surface area contributed by atoms with Crippen molar-refractivity contribution >= 4 is 17.6 Å². The standard InChI is InChI=1S/C20H14FNO3/c21-17-8-4-7-14(10-17)15-9-16(20(24)25)12-18(11-15)22-19(23)13-5-2-1-3-6-13/h1-12H,(H,22,23)(H,24,25). The zero-order valence-electron chi connectivity index (χ0n) is 13.1. The number of halogens is 1. The SMILES string of the molecule is O=C(O)c1cc(NC(=O)c2ccccc2)cc(-c2cccc(F)c2)c1. The molecule has 0 fully saturated rings. The molecule has 0 spiro atoms. The Kier molecular flexibility index (Phi) is 4.57. The van der Waals surface area contributed by atoms with Gasteiger partial charge in [-0.05, 0) is 53.6 Å². The molecule has 5 heteroatoms. The number of amides is 1. The van der Waals surface area contributed by atoms with Crippen LogP contribution in [0.4, 0.5) is 10.1 Å². The number of benzene rings is 3. The summed E-state index contributed by atoms with van der Waals surface area (Å²) in [7, 11) is 0. The van der Waals surface area contributed by atoms with Crippen molar-refractivity contribution in [2.24, 2.45) is 0 Å². The van der Waals surface area contributed by atoms with Gasteiger partial charge >= 0.3 is 5.97 Å². The first kappa shape index (κ1) is 16.4. The average Bonchev–Trinajstić information content (AvgIpc) is 2.62. The molecule has 0 saturated carbocycles. The predicted octanol–water partition coefficient (Wildman–Crippen LogP) is 4.44. The Labute approximate surface area is 143 Å². The van der Waals surface area contributed by atoms with Gasteiger partial charge in [0.15, 0.2) is 0 Å². The maximum absolute atomic E-state index is 13.5. The Morgan fingerprint density at radius 3 is 2.24 bits per heavy atom. The second kappa shape index (κ2) is 6.97. The predicted molar refractivity (Wildman–Crippen MR) is 93.2 cm³/mol. The zero-order valence-corrected chi connectivity index (χ0v) is 13.1. The van der Waals surface area contributed by atoms with E-state index in [2.05, 4.69) is 5.32 Å². The Morgan fingerprint density at radius 2 is 1.56 bits per heavy atom. The molecule has 0 atom stereocenters. The molecule has 0 radical (unpaired) electrons. The van der Waals surface area contributed by atoms with Gasteiger partial charge in [0.25, 0.3) is 5.91 Å². The van der Waals surface area contributed by atoms with Crippen molar-refractivity contribution in [3.8, 4) is 11.1 Å². The maximum Gasteiger partial charge on any atom is 0.335 e. The molecule has 0 unspecified atom stereocenters. The molecule has 25 heavy (non-hydrogen) atoms. The first-order chi connectivity index (χ1) is 12.0. The van der Waals surface area contributed by atoms with Gasteiger partial charge in [-0.2, -0.15) is 0 Å². The third-order valence-electron chi connectivity index (χ3n) is 3.63. The molecule has 0 saturated heterocycles. The minimum Gasteiger partial charge on any atom is -0.478 e. The highest BCUT2D eigenvalue weighted by molar-refractivity contribution is 6.05. The lowest BCUT2D eigenvalue weighted by Crippen LogP contribution is -2.12. The van der Waals surface area contributed by atoms with Gasteiger partial charge < -0.3 is 10.4 Å². The number of carboxylic acids is 1. The monoisotopic (exact) mass is 335 g/mol. The minimum absolute atomic E-state index is 0.00474. The van der Waals surface area contributed by atoms with Crippen LogP contribution < -0.4 is 5.32 Å². The summed E-state index contributed by atoms with van der Waals surface area (Å²) in [5.41, 5.74) is 1.81. The van der Waals surface area contributed by atoms with Crippen LogP contribution in [0.2, 0.25) is 0 Å². The molecule has 124 valence electrons. The van der Waals surface area contributed by atoms with E-state index in [4.69, 9.17) is 0 Å². The van der Waals surface area contributed by atoms with E-state index in [0.717, 1.165) is 0 Å².